The lowest BCUT2D eigenvalue weighted by Gasteiger charge is -2.21. The molecule has 4 heteroatoms. The van der Waals surface area contributed by atoms with Gasteiger partial charge >= 0.3 is 0 Å². The van der Waals surface area contributed by atoms with E-state index in [9.17, 15) is 5.11 Å². The fourth-order valence-corrected chi connectivity index (χ4v) is 1.90. The summed E-state index contributed by atoms with van der Waals surface area (Å²) in [5.74, 6) is 1.04. The van der Waals surface area contributed by atoms with Crippen molar-refractivity contribution in [3.8, 4) is 11.5 Å². The summed E-state index contributed by atoms with van der Waals surface area (Å²) in [6.45, 7) is 4.86. The number of nitrogens with one attached hydrogen (secondary N) is 1. The second-order valence-corrected chi connectivity index (χ2v) is 4.50. The number of rotatable bonds is 7. The molecule has 2 unspecified atom stereocenters. The van der Waals surface area contributed by atoms with Crippen LogP contribution in [0.25, 0.3) is 0 Å². The lowest BCUT2D eigenvalue weighted by molar-refractivity contribution is 0.183. The second-order valence-electron chi connectivity index (χ2n) is 4.50. The molecule has 2 atom stereocenters. The van der Waals surface area contributed by atoms with E-state index in [-0.39, 0.29) is 11.8 Å². The predicted octanol–water partition coefficient (Wildman–Crippen LogP) is 2.48. The van der Waals surface area contributed by atoms with E-state index in [0.29, 0.717) is 6.04 Å². The fraction of sp³-hybridized carbons (Fsp3) is 0.571. The zero-order valence-corrected chi connectivity index (χ0v) is 11.6. The minimum Gasteiger partial charge on any atom is -0.508 e. The zero-order valence-electron chi connectivity index (χ0n) is 11.6. The van der Waals surface area contributed by atoms with Gasteiger partial charge < -0.3 is 19.9 Å². The highest BCUT2D eigenvalue weighted by Gasteiger charge is 2.13. The average molecular weight is 253 g/mol. The molecule has 102 valence electrons. The van der Waals surface area contributed by atoms with Crippen molar-refractivity contribution in [2.24, 2.45) is 0 Å². The first kappa shape index (κ1) is 14.8. The average Bonchev–Trinajstić information content (AvgIpc) is 2.36. The van der Waals surface area contributed by atoms with Gasteiger partial charge in [0, 0.05) is 31.4 Å². The van der Waals surface area contributed by atoms with Crippen LogP contribution >= 0.6 is 0 Å². The Morgan fingerprint density at radius 2 is 2.00 bits per heavy atom. The maximum absolute atomic E-state index is 9.87. The van der Waals surface area contributed by atoms with Gasteiger partial charge in [-0.25, -0.2) is 0 Å². The van der Waals surface area contributed by atoms with Gasteiger partial charge in [-0.1, -0.05) is 0 Å². The monoisotopic (exact) mass is 253 g/mol. The molecule has 1 aromatic carbocycles. The molecule has 0 saturated heterocycles. The Morgan fingerprint density at radius 1 is 1.28 bits per heavy atom. The van der Waals surface area contributed by atoms with Crippen molar-refractivity contribution >= 4 is 0 Å². The number of phenolic OH excluding ortho intramolecular Hbond substituents is 1. The maximum atomic E-state index is 9.87. The normalized spacial score (nSPS) is 14.2. The molecule has 0 aliphatic rings. The number of phenols is 1. The van der Waals surface area contributed by atoms with Crippen molar-refractivity contribution in [1.82, 2.24) is 5.32 Å². The minimum absolute atomic E-state index is 0.0620. The van der Waals surface area contributed by atoms with Gasteiger partial charge in [0.05, 0.1) is 7.11 Å². The number of hydrogen-bond donors (Lipinski definition) is 2. The first-order chi connectivity index (χ1) is 8.58. The lowest BCUT2D eigenvalue weighted by Crippen LogP contribution is -2.30. The van der Waals surface area contributed by atoms with E-state index in [1.165, 1.54) is 0 Å². The van der Waals surface area contributed by atoms with Crippen molar-refractivity contribution in [2.75, 3.05) is 20.8 Å². The van der Waals surface area contributed by atoms with E-state index in [0.717, 1.165) is 24.3 Å². The summed E-state index contributed by atoms with van der Waals surface area (Å²) in [6, 6.07) is 5.65. The molecule has 1 rings (SSSR count). The van der Waals surface area contributed by atoms with E-state index in [4.69, 9.17) is 9.47 Å². The summed E-state index contributed by atoms with van der Waals surface area (Å²) in [6.07, 6.45) is 0.936. The molecule has 4 nitrogen and oxygen atoms in total. The van der Waals surface area contributed by atoms with Crippen LogP contribution in [0.1, 0.15) is 31.9 Å². The zero-order chi connectivity index (χ0) is 13.5. The molecular weight excluding hydrogens is 230 g/mol. The van der Waals surface area contributed by atoms with Crippen LogP contribution in [0.3, 0.4) is 0 Å². The molecule has 0 saturated carbocycles. The largest absolute Gasteiger partial charge is 0.508 e. The molecule has 0 amide bonds. The van der Waals surface area contributed by atoms with Crippen LogP contribution in [0.4, 0.5) is 0 Å². The smallest absolute Gasteiger partial charge is 0.120 e. The Morgan fingerprint density at radius 3 is 2.61 bits per heavy atom. The molecular formula is C14H23NO3. The van der Waals surface area contributed by atoms with Gasteiger partial charge in [0.25, 0.3) is 0 Å². The summed E-state index contributed by atoms with van der Waals surface area (Å²) in [5.41, 5.74) is 0.846. The molecule has 0 bridgehead atoms. The van der Waals surface area contributed by atoms with Crippen LogP contribution in [0, 0.1) is 0 Å². The van der Waals surface area contributed by atoms with Gasteiger partial charge in [-0.15, -0.1) is 0 Å². The molecule has 0 spiro atoms. The molecule has 0 radical (unpaired) electrons. The van der Waals surface area contributed by atoms with Gasteiger partial charge in [-0.05, 0) is 38.5 Å². The number of aromatic hydroxyl groups is 1. The van der Waals surface area contributed by atoms with Gasteiger partial charge in [0.15, 0.2) is 0 Å². The van der Waals surface area contributed by atoms with Crippen molar-refractivity contribution in [3.63, 3.8) is 0 Å². The molecule has 0 aliphatic carbocycles. The minimum atomic E-state index is 0.0620. The Labute approximate surface area is 109 Å². The number of benzene rings is 1. The number of methoxy groups -OCH3 is 2. The fourth-order valence-electron chi connectivity index (χ4n) is 1.90. The van der Waals surface area contributed by atoms with E-state index in [1.807, 2.05) is 13.0 Å². The van der Waals surface area contributed by atoms with Crippen LogP contribution in [-0.4, -0.2) is 32.0 Å². The summed E-state index contributed by atoms with van der Waals surface area (Å²) < 4.78 is 10.2. The molecule has 0 heterocycles. The standard InChI is InChI=1S/C14H23NO3/c1-10(7-8-17-3)15-11(2)13-9-12(18-4)5-6-14(13)16/h5-6,9-11,15-16H,7-8H2,1-4H3. The van der Waals surface area contributed by atoms with Crippen LogP contribution in [0.2, 0.25) is 0 Å². The van der Waals surface area contributed by atoms with E-state index in [2.05, 4.69) is 12.2 Å². The highest BCUT2D eigenvalue weighted by Crippen LogP contribution is 2.28. The summed E-state index contributed by atoms with van der Waals surface area (Å²) in [4.78, 5) is 0. The van der Waals surface area contributed by atoms with Crippen molar-refractivity contribution in [3.05, 3.63) is 23.8 Å². The number of hydrogen-bond acceptors (Lipinski definition) is 4. The Kier molecular flexibility index (Phi) is 5.95. The van der Waals surface area contributed by atoms with Gasteiger partial charge in [0.2, 0.25) is 0 Å². The van der Waals surface area contributed by atoms with E-state index >= 15 is 0 Å². The van der Waals surface area contributed by atoms with Crippen LogP contribution in [0.15, 0.2) is 18.2 Å². The summed E-state index contributed by atoms with van der Waals surface area (Å²) in [5, 5.41) is 13.3. The van der Waals surface area contributed by atoms with Gasteiger partial charge in [-0.3, -0.25) is 0 Å². The maximum Gasteiger partial charge on any atom is 0.120 e. The lowest BCUT2D eigenvalue weighted by atomic mass is 10.1. The quantitative estimate of drug-likeness (QED) is 0.784. The van der Waals surface area contributed by atoms with E-state index < -0.39 is 0 Å². The van der Waals surface area contributed by atoms with Crippen LogP contribution < -0.4 is 10.1 Å². The topological polar surface area (TPSA) is 50.7 Å². The second kappa shape index (κ2) is 7.24. The summed E-state index contributed by atoms with van der Waals surface area (Å²) in [7, 11) is 3.32. The Bertz CT molecular complexity index is 368. The van der Waals surface area contributed by atoms with Crippen LogP contribution in [0.5, 0.6) is 11.5 Å². The molecule has 0 fully saturated rings. The Balaban J connectivity index is 2.67. The molecule has 2 N–H and O–H groups in total. The molecule has 18 heavy (non-hydrogen) atoms. The van der Waals surface area contributed by atoms with Crippen molar-refractivity contribution < 1.29 is 14.6 Å². The third-order valence-electron chi connectivity index (χ3n) is 2.99. The SMILES string of the molecule is COCCC(C)NC(C)c1cc(OC)ccc1O. The highest BCUT2D eigenvalue weighted by atomic mass is 16.5. The van der Waals surface area contributed by atoms with Crippen LogP contribution in [-0.2, 0) is 4.74 Å². The van der Waals surface area contributed by atoms with Crippen molar-refractivity contribution in [2.45, 2.75) is 32.4 Å². The Hall–Kier alpha value is -1.26. The molecule has 0 aliphatic heterocycles. The first-order valence-electron chi connectivity index (χ1n) is 6.20. The first-order valence-corrected chi connectivity index (χ1v) is 6.20. The van der Waals surface area contributed by atoms with E-state index in [1.54, 1.807) is 26.4 Å². The molecule has 1 aromatic rings. The third kappa shape index (κ3) is 4.20. The van der Waals surface area contributed by atoms with Crippen molar-refractivity contribution in [1.29, 1.82) is 0 Å². The summed E-state index contributed by atoms with van der Waals surface area (Å²) >= 11 is 0. The number of ether oxygens (including phenoxy) is 2. The highest BCUT2D eigenvalue weighted by molar-refractivity contribution is 5.41. The third-order valence-corrected chi connectivity index (χ3v) is 2.99. The predicted molar refractivity (Wildman–Crippen MR) is 72.2 cm³/mol. The molecule has 0 aromatic heterocycles. The van der Waals surface area contributed by atoms with Gasteiger partial charge in [0.1, 0.15) is 11.5 Å². The van der Waals surface area contributed by atoms with Gasteiger partial charge in [-0.2, -0.15) is 0 Å².